The van der Waals surface area contributed by atoms with Gasteiger partial charge >= 0.3 is 5.69 Å². The van der Waals surface area contributed by atoms with Crippen molar-refractivity contribution in [3.63, 3.8) is 0 Å². The fourth-order valence-electron chi connectivity index (χ4n) is 9.35. The summed E-state index contributed by atoms with van der Waals surface area (Å²) in [7, 11) is -3.65. The van der Waals surface area contributed by atoms with Crippen LogP contribution in [0.15, 0.2) is 71.4 Å². The lowest BCUT2D eigenvalue weighted by Gasteiger charge is -2.24. The van der Waals surface area contributed by atoms with Crippen LogP contribution < -0.4 is 10.0 Å². The zero-order valence-corrected chi connectivity index (χ0v) is 34.9. The quantitative estimate of drug-likeness (QED) is 0.0874. The van der Waals surface area contributed by atoms with Crippen molar-refractivity contribution < 1.29 is 27.7 Å². The van der Waals surface area contributed by atoms with Crippen LogP contribution in [0.4, 0.5) is 17.2 Å². The van der Waals surface area contributed by atoms with E-state index in [1.165, 1.54) is 0 Å². The normalized spacial score (nSPS) is 20.7. The number of hydrogen-bond donors (Lipinski definition) is 3. The van der Waals surface area contributed by atoms with E-state index >= 15 is 0 Å². The van der Waals surface area contributed by atoms with Gasteiger partial charge in [0.15, 0.2) is 5.82 Å². The Kier molecular flexibility index (Phi) is 10.0. The van der Waals surface area contributed by atoms with E-state index in [4.69, 9.17) is 26.0 Å². The molecule has 61 heavy (non-hydrogen) atoms. The molecule has 6 aromatic rings. The van der Waals surface area contributed by atoms with Crippen LogP contribution in [0, 0.1) is 23.0 Å². The number of β-amino-alcohol motifs (C(OH)–C–C–N with tert-alkyl or cyclic N) is 1. The second-order valence-electron chi connectivity index (χ2n) is 16.7. The number of rotatable bonds is 11. The summed E-state index contributed by atoms with van der Waals surface area (Å²) in [5.41, 5.74) is 7.20. The Morgan fingerprint density at radius 3 is 2.61 bits per heavy atom. The number of halogens is 1. The van der Waals surface area contributed by atoms with Gasteiger partial charge in [-0.3, -0.25) is 34.4 Å². The summed E-state index contributed by atoms with van der Waals surface area (Å²) in [4.78, 5) is 43.8. The SMILES string of the molecule is Cc1c(Nc2nccc3cc(CN4CC[C@@H](O)C4)cnc23)cccc1-c1cccc(-c2nc3cc4c(c([N+](=O)[O-])c3o2)CC[C@H]4N2CC[C@@H](C(=O)NS(=O)(=O)C3CC3)C2)c1Cl. The van der Waals surface area contributed by atoms with Crippen LogP contribution >= 0.6 is 11.6 Å². The topological polar surface area (TPSA) is 197 Å². The first-order valence-corrected chi connectivity index (χ1v) is 22.5. The van der Waals surface area contributed by atoms with Gasteiger partial charge in [-0.05, 0) is 105 Å². The Hall–Kier alpha value is -5.52. The van der Waals surface area contributed by atoms with E-state index in [1.54, 1.807) is 12.3 Å². The number of nitrogens with zero attached hydrogens (tertiary/aromatic N) is 6. The molecule has 3 N–H and O–H groups in total. The monoisotopic (exact) mass is 862 g/mol. The van der Waals surface area contributed by atoms with E-state index in [2.05, 4.69) is 30.9 Å². The van der Waals surface area contributed by atoms with E-state index in [9.17, 15) is 28.4 Å². The minimum atomic E-state index is -3.65. The molecule has 0 radical (unpaired) electrons. The molecular weight excluding hydrogens is 820 g/mol. The van der Waals surface area contributed by atoms with Crippen LogP contribution in [-0.4, -0.2) is 86.6 Å². The number of carbonyl (C=O) groups excluding carboxylic acids is 1. The molecule has 314 valence electrons. The molecule has 4 aliphatic rings. The second kappa shape index (κ2) is 15.4. The van der Waals surface area contributed by atoms with Gasteiger partial charge < -0.3 is 14.8 Å². The van der Waals surface area contributed by atoms with Gasteiger partial charge in [-0.25, -0.2) is 18.4 Å². The van der Waals surface area contributed by atoms with Crippen molar-refractivity contribution in [2.75, 3.05) is 31.5 Å². The maximum absolute atomic E-state index is 13.0. The number of oxazole rings is 1. The number of sulfonamides is 1. The summed E-state index contributed by atoms with van der Waals surface area (Å²) in [6.45, 7) is 5.14. The lowest BCUT2D eigenvalue weighted by atomic mass is 9.97. The van der Waals surface area contributed by atoms with Crippen molar-refractivity contribution in [3.05, 3.63) is 104 Å². The predicted molar refractivity (Wildman–Crippen MR) is 231 cm³/mol. The molecule has 10 rings (SSSR count). The molecule has 0 bridgehead atoms. The molecular formula is C44H43ClN8O7S. The highest BCUT2D eigenvalue weighted by Gasteiger charge is 2.42. The maximum atomic E-state index is 13.0. The van der Waals surface area contributed by atoms with E-state index in [1.807, 2.05) is 55.6 Å². The van der Waals surface area contributed by atoms with Crippen molar-refractivity contribution in [1.82, 2.24) is 29.5 Å². The number of amides is 1. The summed E-state index contributed by atoms with van der Waals surface area (Å²) in [6, 6.07) is 17.1. The number of aromatic nitrogens is 3. The fourth-order valence-corrected chi connectivity index (χ4v) is 11.0. The summed E-state index contributed by atoms with van der Waals surface area (Å²) in [5, 5.41) is 27.0. The van der Waals surface area contributed by atoms with Crippen molar-refractivity contribution in [1.29, 1.82) is 0 Å². The van der Waals surface area contributed by atoms with Crippen LogP contribution in [-0.2, 0) is 27.8 Å². The largest absolute Gasteiger partial charge is 0.429 e. The zero-order chi connectivity index (χ0) is 42.2. The number of nitro benzene ring substituents is 1. The van der Waals surface area contributed by atoms with Gasteiger partial charge in [-0.15, -0.1) is 0 Å². The lowest BCUT2D eigenvalue weighted by Crippen LogP contribution is -2.38. The molecule has 3 aromatic heterocycles. The molecule has 2 saturated heterocycles. The summed E-state index contributed by atoms with van der Waals surface area (Å²) >= 11 is 7.19. The van der Waals surface area contributed by atoms with Crippen LogP contribution in [0.3, 0.4) is 0 Å². The number of fused-ring (bicyclic) bond motifs is 3. The number of carbonyl (C=O) groups is 1. The average molecular weight is 863 g/mol. The number of anilines is 2. The van der Waals surface area contributed by atoms with E-state index in [0.29, 0.717) is 79.2 Å². The van der Waals surface area contributed by atoms with Gasteiger partial charge in [0.2, 0.25) is 27.4 Å². The Bertz CT molecular complexity index is 2880. The number of nitrogens with one attached hydrogen (secondary N) is 2. The summed E-state index contributed by atoms with van der Waals surface area (Å²) in [6.07, 6.45) is 6.80. The Labute approximate surface area is 356 Å². The van der Waals surface area contributed by atoms with Crippen molar-refractivity contribution in [3.8, 4) is 22.6 Å². The van der Waals surface area contributed by atoms with Crippen molar-refractivity contribution in [2.24, 2.45) is 5.92 Å². The zero-order valence-electron chi connectivity index (χ0n) is 33.3. The van der Waals surface area contributed by atoms with Gasteiger partial charge in [0, 0.05) is 66.8 Å². The maximum Gasteiger partial charge on any atom is 0.317 e. The van der Waals surface area contributed by atoms with Gasteiger partial charge in [0.05, 0.1) is 32.8 Å². The molecule has 3 aromatic carbocycles. The Balaban J connectivity index is 0.919. The van der Waals surface area contributed by atoms with Crippen LogP contribution in [0.1, 0.15) is 60.4 Å². The van der Waals surface area contributed by atoms with Crippen LogP contribution in [0.2, 0.25) is 5.02 Å². The highest BCUT2D eigenvalue weighted by atomic mass is 35.5. The number of pyridine rings is 2. The molecule has 17 heteroatoms. The first kappa shape index (κ1) is 39.6. The van der Waals surface area contributed by atoms with Crippen molar-refractivity contribution in [2.45, 2.75) is 69.4 Å². The first-order valence-electron chi connectivity index (χ1n) is 20.6. The molecule has 0 spiro atoms. The molecule has 2 aliphatic carbocycles. The molecule has 2 aliphatic heterocycles. The smallest absolute Gasteiger partial charge is 0.317 e. The summed E-state index contributed by atoms with van der Waals surface area (Å²) in [5.74, 6) is -0.223. The third-order valence-corrected chi connectivity index (χ3v) is 14.9. The van der Waals surface area contributed by atoms with Gasteiger partial charge in [-0.2, -0.15) is 0 Å². The van der Waals surface area contributed by atoms with E-state index in [-0.39, 0.29) is 29.3 Å². The summed E-state index contributed by atoms with van der Waals surface area (Å²) < 4.78 is 33.4. The first-order chi connectivity index (χ1) is 29.4. The van der Waals surface area contributed by atoms with E-state index < -0.39 is 32.0 Å². The fraction of sp³-hybridized carbons (Fsp3) is 0.364. The molecule has 0 unspecified atom stereocenters. The molecule has 15 nitrogen and oxygen atoms in total. The number of aliphatic hydroxyl groups excluding tert-OH is 1. The minimum absolute atomic E-state index is 0.0744. The standard InChI is InChI=1S/C44H43ClN8O7S/c1-24-30(4-3-7-35(24)48-42-39-26(12-15-46-42)18-25(20-47-39)21-51-16-14-28(54)23-51)31-5-2-6-33(38(31)45)44-49-36-19-34-32(40(53(56)57)41(36)60-44)10-11-37(34)52-17-13-27(22-52)43(55)50-61(58,59)29-8-9-29/h2-7,12,15,18-20,27-29,37,54H,8-11,13-14,16-17,21-23H2,1H3,(H,46,48)(H,50,55)/t27-,28-,37-/m1/s1. The number of likely N-dealkylation sites (tertiary alicyclic amines) is 2. The van der Waals surface area contributed by atoms with Gasteiger partial charge in [0.1, 0.15) is 11.0 Å². The highest BCUT2D eigenvalue weighted by Crippen LogP contribution is 2.47. The number of nitro groups is 1. The number of hydrogen-bond acceptors (Lipinski definition) is 13. The third kappa shape index (κ3) is 7.39. The third-order valence-electron chi connectivity index (χ3n) is 12.7. The van der Waals surface area contributed by atoms with Crippen LogP contribution in [0.5, 0.6) is 0 Å². The molecule has 1 saturated carbocycles. The van der Waals surface area contributed by atoms with Gasteiger partial charge in [0.25, 0.3) is 0 Å². The van der Waals surface area contributed by atoms with Gasteiger partial charge in [-0.1, -0.05) is 35.9 Å². The number of aliphatic hydroxyl groups is 1. The highest BCUT2D eigenvalue weighted by molar-refractivity contribution is 7.90. The predicted octanol–water partition coefficient (Wildman–Crippen LogP) is 7.20. The molecule has 3 fully saturated rings. The second-order valence-corrected chi connectivity index (χ2v) is 19.0. The lowest BCUT2D eigenvalue weighted by molar-refractivity contribution is -0.384. The molecule has 3 atom stereocenters. The minimum Gasteiger partial charge on any atom is -0.429 e. The number of benzene rings is 3. The Morgan fingerprint density at radius 1 is 1.02 bits per heavy atom. The van der Waals surface area contributed by atoms with Crippen molar-refractivity contribution >= 4 is 66.7 Å². The molecule has 1 amide bonds. The average Bonchev–Trinajstić information content (AvgIpc) is 3.49. The Morgan fingerprint density at radius 2 is 1.82 bits per heavy atom. The van der Waals surface area contributed by atoms with Crippen LogP contribution in [0.25, 0.3) is 44.6 Å². The van der Waals surface area contributed by atoms with E-state index in [0.717, 1.165) is 63.9 Å². The molecule has 5 heterocycles.